The number of hydrogen-bond donors (Lipinski definition) is 2. The maximum Gasteiger partial charge on any atom is 0.310 e. The van der Waals surface area contributed by atoms with Crippen LogP contribution in [0.4, 0.5) is 0 Å². The number of esters is 1. The lowest BCUT2D eigenvalue weighted by Crippen LogP contribution is -2.34. The van der Waals surface area contributed by atoms with Gasteiger partial charge in [0.25, 0.3) is 0 Å². The lowest BCUT2D eigenvalue weighted by molar-refractivity contribution is -0.139. The smallest absolute Gasteiger partial charge is 0.310 e. The van der Waals surface area contributed by atoms with Gasteiger partial charge in [-0.25, -0.2) is 0 Å². The van der Waals surface area contributed by atoms with Crippen LogP contribution in [0.25, 0.3) is 0 Å². The summed E-state index contributed by atoms with van der Waals surface area (Å²) >= 11 is 1.56. The number of methoxy groups -OCH3 is 1. The Bertz CT molecular complexity index is 454. The summed E-state index contributed by atoms with van der Waals surface area (Å²) in [7, 11) is 1.39. The summed E-state index contributed by atoms with van der Waals surface area (Å²) in [5.74, 6) is -0.181. The average molecular weight is 282 g/mol. The van der Waals surface area contributed by atoms with E-state index in [0.29, 0.717) is 25.6 Å². The highest BCUT2D eigenvalue weighted by Crippen LogP contribution is 2.18. The van der Waals surface area contributed by atoms with Crippen molar-refractivity contribution < 1.29 is 14.3 Å². The van der Waals surface area contributed by atoms with Gasteiger partial charge >= 0.3 is 5.97 Å². The molecule has 1 aromatic heterocycles. The van der Waals surface area contributed by atoms with E-state index >= 15 is 0 Å². The molecule has 1 aliphatic rings. The van der Waals surface area contributed by atoms with Gasteiger partial charge in [-0.2, -0.15) is 0 Å². The minimum atomic E-state index is -0.231. The summed E-state index contributed by atoms with van der Waals surface area (Å²) in [6, 6.07) is 4.29. The standard InChI is InChI=1S/C13H18N2O3S/c1-18-13(17)6-10-4-5-11(19-10)7-14-8-12(16)15-9-2-3-9/h4-5,9,14H,2-3,6-8H2,1H3,(H,15,16). The topological polar surface area (TPSA) is 67.4 Å². The Morgan fingerprint density at radius 2 is 2.11 bits per heavy atom. The molecule has 1 heterocycles. The van der Waals surface area contributed by atoms with Crippen molar-refractivity contribution in [3.05, 3.63) is 21.9 Å². The van der Waals surface area contributed by atoms with Crippen molar-refractivity contribution in [2.24, 2.45) is 0 Å². The van der Waals surface area contributed by atoms with Crippen LogP contribution in [-0.2, 0) is 27.3 Å². The van der Waals surface area contributed by atoms with Crippen molar-refractivity contribution >= 4 is 23.2 Å². The Balaban J connectivity index is 1.67. The SMILES string of the molecule is COC(=O)Cc1ccc(CNCC(=O)NC2CC2)s1. The molecular formula is C13H18N2O3S. The third-order valence-corrected chi connectivity index (χ3v) is 3.88. The molecule has 0 unspecified atom stereocenters. The van der Waals surface area contributed by atoms with E-state index in [-0.39, 0.29) is 11.9 Å². The fourth-order valence-electron chi connectivity index (χ4n) is 1.63. The van der Waals surface area contributed by atoms with Gasteiger partial charge in [0.05, 0.1) is 20.1 Å². The molecule has 1 amide bonds. The van der Waals surface area contributed by atoms with E-state index in [1.54, 1.807) is 11.3 Å². The molecule has 1 fully saturated rings. The molecule has 2 N–H and O–H groups in total. The van der Waals surface area contributed by atoms with Crippen LogP contribution in [0, 0.1) is 0 Å². The average Bonchev–Trinajstić information content (AvgIpc) is 3.08. The molecule has 0 spiro atoms. The largest absolute Gasteiger partial charge is 0.469 e. The van der Waals surface area contributed by atoms with E-state index in [4.69, 9.17) is 0 Å². The van der Waals surface area contributed by atoms with Gasteiger partial charge in [0.15, 0.2) is 0 Å². The van der Waals surface area contributed by atoms with Gasteiger partial charge in [0.1, 0.15) is 0 Å². The van der Waals surface area contributed by atoms with Crippen LogP contribution in [0.1, 0.15) is 22.6 Å². The van der Waals surface area contributed by atoms with Gasteiger partial charge < -0.3 is 15.4 Å². The summed E-state index contributed by atoms with van der Waals surface area (Å²) in [5.41, 5.74) is 0. The first-order chi connectivity index (χ1) is 9.17. The normalized spacial score (nSPS) is 14.2. The first-order valence-corrected chi connectivity index (χ1v) is 7.13. The van der Waals surface area contributed by atoms with Gasteiger partial charge in [-0.15, -0.1) is 11.3 Å². The monoisotopic (exact) mass is 282 g/mol. The highest BCUT2D eigenvalue weighted by molar-refractivity contribution is 7.12. The van der Waals surface area contributed by atoms with Crippen LogP contribution >= 0.6 is 11.3 Å². The number of thiophene rings is 1. The molecule has 1 aromatic rings. The van der Waals surface area contributed by atoms with Gasteiger partial charge in [-0.1, -0.05) is 0 Å². The van der Waals surface area contributed by atoms with Crippen LogP contribution in [0.3, 0.4) is 0 Å². The second kappa shape index (κ2) is 6.68. The second-order valence-electron chi connectivity index (χ2n) is 4.57. The Labute approximate surface area is 116 Å². The van der Waals surface area contributed by atoms with Gasteiger partial charge in [-0.05, 0) is 25.0 Å². The van der Waals surface area contributed by atoms with Crippen molar-refractivity contribution in [2.75, 3.05) is 13.7 Å². The highest BCUT2D eigenvalue weighted by atomic mass is 32.1. The Hall–Kier alpha value is -1.40. The lowest BCUT2D eigenvalue weighted by atomic mass is 10.3. The molecule has 104 valence electrons. The molecule has 19 heavy (non-hydrogen) atoms. The van der Waals surface area contributed by atoms with E-state index in [9.17, 15) is 9.59 Å². The molecule has 0 radical (unpaired) electrons. The first kappa shape index (κ1) is 14.0. The predicted molar refractivity (Wildman–Crippen MR) is 72.9 cm³/mol. The zero-order valence-electron chi connectivity index (χ0n) is 10.9. The fourth-order valence-corrected chi connectivity index (χ4v) is 2.61. The zero-order valence-corrected chi connectivity index (χ0v) is 11.7. The van der Waals surface area contributed by atoms with Crippen LogP contribution in [-0.4, -0.2) is 31.6 Å². The zero-order chi connectivity index (χ0) is 13.7. The lowest BCUT2D eigenvalue weighted by Gasteiger charge is -2.04. The first-order valence-electron chi connectivity index (χ1n) is 6.32. The quantitative estimate of drug-likeness (QED) is 0.727. The minimum Gasteiger partial charge on any atom is -0.469 e. The number of nitrogens with one attached hydrogen (secondary N) is 2. The predicted octanol–water partition coefficient (Wildman–Crippen LogP) is 0.832. The molecule has 0 aromatic carbocycles. The molecule has 2 rings (SSSR count). The molecule has 0 saturated heterocycles. The van der Waals surface area contributed by atoms with Crippen LogP contribution in [0.2, 0.25) is 0 Å². The van der Waals surface area contributed by atoms with Crippen molar-refractivity contribution in [3.8, 4) is 0 Å². The van der Waals surface area contributed by atoms with E-state index in [1.807, 2.05) is 12.1 Å². The van der Waals surface area contributed by atoms with Crippen molar-refractivity contribution in [1.29, 1.82) is 0 Å². The van der Waals surface area contributed by atoms with E-state index in [0.717, 1.165) is 22.6 Å². The molecule has 1 aliphatic carbocycles. The number of amides is 1. The molecular weight excluding hydrogens is 264 g/mol. The molecule has 5 nitrogen and oxygen atoms in total. The Morgan fingerprint density at radius 3 is 2.79 bits per heavy atom. The van der Waals surface area contributed by atoms with Crippen LogP contribution < -0.4 is 10.6 Å². The Kier molecular flexibility index (Phi) is 4.93. The third kappa shape index (κ3) is 5.00. The maximum absolute atomic E-state index is 11.4. The highest BCUT2D eigenvalue weighted by Gasteiger charge is 2.22. The Morgan fingerprint density at radius 1 is 1.37 bits per heavy atom. The van der Waals surface area contributed by atoms with E-state index in [2.05, 4.69) is 15.4 Å². The van der Waals surface area contributed by atoms with E-state index < -0.39 is 0 Å². The van der Waals surface area contributed by atoms with Crippen LogP contribution in [0.15, 0.2) is 12.1 Å². The number of ether oxygens (including phenoxy) is 1. The minimum absolute atomic E-state index is 0.0499. The van der Waals surface area contributed by atoms with Crippen molar-refractivity contribution in [3.63, 3.8) is 0 Å². The summed E-state index contributed by atoms with van der Waals surface area (Å²) < 4.78 is 4.62. The summed E-state index contributed by atoms with van der Waals surface area (Å²) in [5, 5.41) is 6.02. The third-order valence-electron chi connectivity index (χ3n) is 2.79. The number of rotatable bonds is 7. The molecule has 1 saturated carbocycles. The van der Waals surface area contributed by atoms with Gasteiger partial charge in [0, 0.05) is 22.3 Å². The molecule has 6 heteroatoms. The van der Waals surface area contributed by atoms with E-state index in [1.165, 1.54) is 7.11 Å². The summed E-state index contributed by atoms with van der Waals surface area (Å²) in [4.78, 5) is 24.6. The number of carbonyl (C=O) groups excluding carboxylic acids is 2. The molecule has 0 bridgehead atoms. The van der Waals surface area contributed by atoms with Gasteiger partial charge in [-0.3, -0.25) is 9.59 Å². The molecule has 0 aliphatic heterocycles. The maximum atomic E-state index is 11.4. The fraction of sp³-hybridized carbons (Fsp3) is 0.538. The summed E-state index contributed by atoms with van der Waals surface area (Å²) in [6.07, 6.45) is 2.52. The van der Waals surface area contributed by atoms with Crippen LogP contribution in [0.5, 0.6) is 0 Å². The number of hydrogen-bond acceptors (Lipinski definition) is 5. The van der Waals surface area contributed by atoms with Crippen molar-refractivity contribution in [2.45, 2.75) is 31.8 Å². The van der Waals surface area contributed by atoms with Gasteiger partial charge in [0.2, 0.25) is 5.91 Å². The number of carbonyl (C=O) groups is 2. The van der Waals surface area contributed by atoms with Crippen molar-refractivity contribution in [1.82, 2.24) is 10.6 Å². The summed E-state index contributed by atoms with van der Waals surface area (Å²) in [6.45, 7) is 0.977. The molecule has 0 atom stereocenters. The second-order valence-corrected chi connectivity index (χ2v) is 5.82.